The summed E-state index contributed by atoms with van der Waals surface area (Å²) in [4.78, 5) is 13.2. The lowest BCUT2D eigenvalue weighted by Crippen LogP contribution is -2.33. The number of thioether (sulfide) groups is 1. The van der Waals surface area contributed by atoms with Crippen molar-refractivity contribution in [3.05, 3.63) is 60.2 Å². The summed E-state index contributed by atoms with van der Waals surface area (Å²) in [5.41, 5.74) is 1.29. The Kier molecular flexibility index (Phi) is 7.01. The number of ether oxygens (including phenoxy) is 1. The third kappa shape index (κ3) is 5.99. The molecular formula is C19H23NO2S. The summed E-state index contributed by atoms with van der Waals surface area (Å²) in [6.07, 6.45) is 1.02. The highest BCUT2D eigenvalue weighted by Crippen LogP contribution is 2.22. The van der Waals surface area contributed by atoms with Crippen LogP contribution in [0.5, 0.6) is 5.75 Å². The molecule has 1 N–H and O–H groups in total. The van der Waals surface area contributed by atoms with Gasteiger partial charge in [0.1, 0.15) is 12.4 Å². The van der Waals surface area contributed by atoms with E-state index >= 15 is 0 Å². The molecular weight excluding hydrogens is 306 g/mol. The predicted octanol–water partition coefficient (Wildman–Crippen LogP) is 3.92. The number of hydrogen-bond donors (Lipinski definition) is 1. The molecule has 1 amide bonds. The van der Waals surface area contributed by atoms with Crippen LogP contribution in [0.3, 0.4) is 0 Å². The van der Waals surface area contributed by atoms with Crippen molar-refractivity contribution < 1.29 is 9.53 Å². The topological polar surface area (TPSA) is 38.3 Å². The molecule has 0 aromatic heterocycles. The minimum atomic E-state index is -0.124. The smallest absolute Gasteiger partial charge is 0.233 e. The summed E-state index contributed by atoms with van der Waals surface area (Å²) in [6, 6.07) is 18.0. The molecule has 1 atom stereocenters. The van der Waals surface area contributed by atoms with Gasteiger partial charge >= 0.3 is 0 Å². The van der Waals surface area contributed by atoms with E-state index in [9.17, 15) is 4.79 Å². The van der Waals surface area contributed by atoms with Crippen LogP contribution >= 0.6 is 11.8 Å². The van der Waals surface area contributed by atoms with E-state index in [0.717, 1.165) is 17.1 Å². The maximum absolute atomic E-state index is 12.1. The summed E-state index contributed by atoms with van der Waals surface area (Å²) in [6.45, 7) is 5.02. The molecule has 4 heteroatoms. The molecule has 0 aliphatic carbocycles. The van der Waals surface area contributed by atoms with Gasteiger partial charge < -0.3 is 10.1 Å². The Balaban J connectivity index is 1.67. The van der Waals surface area contributed by atoms with Crippen LogP contribution in [0.1, 0.15) is 19.4 Å². The fourth-order valence-corrected chi connectivity index (χ4v) is 2.98. The fraction of sp³-hybridized carbons (Fsp3) is 0.316. The average molecular weight is 329 g/mol. The summed E-state index contributed by atoms with van der Waals surface area (Å²) in [5, 5.41) is 2.79. The van der Waals surface area contributed by atoms with E-state index in [-0.39, 0.29) is 11.2 Å². The van der Waals surface area contributed by atoms with Crippen molar-refractivity contribution in [3.8, 4) is 5.75 Å². The number of amides is 1. The molecule has 122 valence electrons. The predicted molar refractivity (Wildman–Crippen MR) is 96.1 cm³/mol. The Labute approximate surface area is 142 Å². The van der Waals surface area contributed by atoms with Gasteiger partial charge in [-0.2, -0.15) is 0 Å². The molecule has 0 aliphatic heterocycles. The second-order valence-corrected chi connectivity index (χ2v) is 6.62. The van der Waals surface area contributed by atoms with Crippen LogP contribution < -0.4 is 10.1 Å². The summed E-state index contributed by atoms with van der Waals surface area (Å²) >= 11 is 1.56. The first-order valence-corrected chi connectivity index (χ1v) is 8.78. The molecule has 0 saturated carbocycles. The Hall–Kier alpha value is -1.94. The highest BCUT2D eigenvalue weighted by molar-refractivity contribution is 8.00. The first-order valence-electron chi connectivity index (χ1n) is 7.90. The van der Waals surface area contributed by atoms with Crippen molar-refractivity contribution in [1.82, 2.24) is 5.32 Å². The van der Waals surface area contributed by atoms with Crippen molar-refractivity contribution in [2.45, 2.75) is 30.4 Å². The lowest BCUT2D eigenvalue weighted by Gasteiger charge is -2.12. The molecule has 2 rings (SSSR count). The van der Waals surface area contributed by atoms with Crippen LogP contribution in [0.4, 0.5) is 0 Å². The summed E-state index contributed by atoms with van der Waals surface area (Å²) < 4.78 is 5.63. The summed E-state index contributed by atoms with van der Waals surface area (Å²) in [5.74, 6) is 0.868. The zero-order valence-electron chi connectivity index (χ0n) is 13.6. The van der Waals surface area contributed by atoms with Gasteiger partial charge in [-0.15, -0.1) is 11.8 Å². The third-order valence-corrected chi connectivity index (χ3v) is 4.54. The van der Waals surface area contributed by atoms with Crippen LogP contribution in [0.2, 0.25) is 0 Å². The van der Waals surface area contributed by atoms with Crippen LogP contribution in [0.15, 0.2) is 59.5 Å². The largest absolute Gasteiger partial charge is 0.492 e. The van der Waals surface area contributed by atoms with E-state index in [0.29, 0.717) is 13.2 Å². The van der Waals surface area contributed by atoms with Gasteiger partial charge in [0, 0.05) is 4.90 Å². The molecule has 3 nitrogen and oxygen atoms in total. The lowest BCUT2D eigenvalue weighted by atomic mass is 10.2. The molecule has 0 aliphatic rings. The number of rotatable bonds is 8. The van der Waals surface area contributed by atoms with Gasteiger partial charge in [0.2, 0.25) is 5.91 Å². The van der Waals surface area contributed by atoms with Crippen LogP contribution in [0, 0.1) is 0 Å². The summed E-state index contributed by atoms with van der Waals surface area (Å²) in [7, 11) is 0. The Morgan fingerprint density at radius 3 is 2.48 bits per heavy atom. The number of carbonyl (C=O) groups excluding carboxylic acids is 1. The maximum atomic E-state index is 12.1. The van der Waals surface area contributed by atoms with Gasteiger partial charge in [-0.3, -0.25) is 4.79 Å². The van der Waals surface area contributed by atoms with Crippen molar-refractivity contribution >= 4 is 17.7 Å². The molecule has 23 heavy (non-hydrogen) atoms. The first-order chi connectivity index (χ1) is 11.2. The first kappa shape index (κ1) is 17.4. The minimum absolute atomic E-state index is 0.0313. The number of aryl methyl sites for hydroxylation is 1. The van der Waals surface area contributed by atoms with Gasteiger partial charge in [0.05, 0.1) is 11.8 Å². The highest BCUT2D eigenvalue weighted by Gasteiger charge is 2.13. The molecule has 0 spiro atoms. The average Bonchev–Trinajstić information content (AvgIpc) is 2.60. The van der Waals surface area contributed by atoms with Crippen LogP contribution in [-0.2, 0) is 11.2 Å². The van der Waals surface area contributed by atoms with Gasteiger partial charge in [0.15, 0.2) is 0 Å². The Morgan fingerprint density at radius 1 is 1.13 bits per heavy atom. The molecule has 0 radical (unpaired) electrons. The molecule has 0 bridgehead atoms. The van der Waals surface area contributed by atoms with Crippen molar-refractivity contribution in [2.75, 3.05) is 13.2 Å². The van der Waals surface area contributed by atoms with Gasteiger partial charge in [0.25, 0.3) is 0 Å². The minimum Gasteiger partial charge on any atom is -0.492 e. The lowest BCUT2D eigenvalue weighted by molar-refractivity contribution is -0.120. The van der Waals surface area contributed by atoms with E-state index < -0.39 is 0 Å². The van der Waals surface area contributed by atoms with Crippen molar-refractivity contribution in [1.29, 1.82) is 0 Å². The number of carbonyl (C=O) groups is 1. The second-order valence-electron chi connectivity index (χ2n) is 5.21. The quantitative estimate of drug-likeness (QED) is 0.589. The van der Waals surface area contributed by atoms with E-state index in [1.807, 2.05) is 49.4 Å². The molecule has 1 unspecified atom stereocenters. The molecule has 0 fully saturated rings. The van der Waals surface area contributed by atoms with E-state index in [2.05, 4.69) is 24.4 Å². The standard InChI is InChI=1S/C19H23NO2S/c1-3-16-9-11-17(12-10-16)22-14-13-20-19(21)15(2)23-18-7-5-4-6-8-18/h4-12,15H,3,13-14H2,1-2H3,(H,20,21). The van der Waals surface area contributed by atoms with E-state index in [1.54, 1.807) is 11.8 Å². The molecule has 0 heterocycles. The second kappa shape index (κ2) is 9.26. The van der Waals surface area contributed by atoms with E-state index in [4.69, 9.17) is 4.74 Å². The third-order valence-electron chi connectivity index (χ3n) is 3.43. The van der Waals surface area contributed by atoms with Gasteiger partial charge in [-0.05, 0) is 43.2 Å². The van der Waals surface area contributed by atoms with Gasteiger partial charge in [-0.25, -0.2) is 0 Å². The van der Waals surface area contributed by atoms with Crippen molar-refractivity contribution in [2.24, 2.45) is 0 Å². The molecule has 2 aromatic rings. The van der Waals surface area contributed by atoms with Crippen LogP contribution in [0.25, 0.3) is 0 Å². The maximum Gasteiger partial charge on any atom is 0.233 e. The Bertz CT molecular complexity index is 599. The molecule has 0 saturated heterocycles. The zero-order chi connectivity index (χ0) is 16.5. The number of nitrogens with one attached hydrogen (secondary N) is 1. The zero-order valence-corrected chi connectivity index (χ0v) is 14.4. The normalized spacial score (nSPS) is 11.7. The highest BCUT2D eigenvalue weighted by atomic mass is 32.2. The van der Waals surface area contributed by atoms with Crippen LogP contribution in [-0.4, -0.2) is 24.3 Å². The number of hydrogen-bond acceptors (Lipinski definition) is 3. The Morgan fingerprint density at radius 2 is 1.83 bits per heavy atom. The van der Waals surface area contributed by atoms with Gasteiger partial charge in [-0.1, -0.05) is 37.3 Å². The molecule has 2 aromatic carbocycles. The van der Waals surface area contributed by atoms with E-state index in [1.165, 1.54) is 5.56 Å². The van der Waals surface area contributed by atoms with Crippen molar-refractivity contribution in [3.63, 3.8) is 0 Å². The number of benzene rings is 2. The fourth-order valence-electron chi connectivity index (χ4n) is 2.06. The SMILES string of the molecule is CCc1ccc(OCCNC(=O)C(C)Sc2ccccc2)cc1. The monoisotopic (exact) mass is 329 g/mol.